The van der Waals surface area contributed by atoms with E-state index < -0.39 is 0 Å². The van der Waals surface area contributed by atoms with Crippen LogP contribution in [-0.4, -0.2) is 33.3 Å². The Labute approximate surface area is 143 Å². The fraction of sp³-hybridized carbons (Fsp3) is 0.526. The predicted molar refractivity (Wildman–Crippen MR) is 97.2 cm³/mol. The molecule has 1 aliphatic carbocycles. The molecule has 0 spiro atoms. The van der Waals surface area contributed by atoms with Gasteiger partial charge < -0.3 is 19.8 Å². The Kier molecular flexibility index (Phi) is 5.41. The van der Waals surface area contributed by atoms with Crippen molar-refractivity contribution in [3.63, 3.8) is 0 Å². The lowest BCUT2D eigenvalue weighted by molar-refractivity contribution is 0.0732. The third kappa shape index (κ3) is 3.90. The summed E-state index contributed by atoms with van der Waals surface area (Å²) in [5.41, 5.74) is 1.29. The average Bonchev–Trinajstić information content (AvgIpc) is 2.99. The maximum atomic E-state index is 5.83. The second-order valence-electron chi connectivity index (χ2n) is 6.63. The van der Waals surface area contributed by atoms with Crippen LogP contribution in [0.5, 0.6) is 0 Å². The molecule has 3 rings (SSSR count). The van der Waals surface area contributed by atoms with E-state index in [0.717, 1.165) is 42.3 Å². The Bertz CT molecular complexity index is 656. The molecule has 1 fully saturated rings. The van der Waals surface area contributed by atoms with Crippen LogP contribution in [0.15, 0.2) is 39.7 Å². The van der Waals surface area contributed by atoms with Crippen molar-refractivity contribution in [3.05, 3.63) is 36.1 Å². The Hall–Kier alpha value is -2.01. The number of ether oxygens (including phenoxy) is 1. The highest BCUT2D eigenvalue weighted by Gasteiger charge is 2.36. The smallest absolute Gasteiger partial charge is 0.191 e. The minimum atomic E-state index is 0.368. The summed E-state index contributed by atoms with van der Waals surface area (Å²) in [7, 11) is 3.57. The van der Waals surface area contributed by atoms with Gasteiger partial charge in [0.25, 0.3) is 0 Å². The second-order valence-corrected chi connectivity index (χ2v) is 6.63. The van der Waals surface area contributed by atoms with Gasteiger partial charge >= 0.3 is 0 Å². The first-order valence-electron chi connectivity index (χ1n) is 8.66. The van der Waals surface area contributed by atoms with Crippen LogP contribution in [0.4, 0.5) is 0 Å². The van der Waals surface area contributed by atoms with E-state index in [0.29, 0.717) is 12.0 Å². The monoisotopic (exact) mass is 329 g/mol. The summed E-state index contributed by atoms with van der Waals surface area (Å²) in [6, 6.07) is 10.1. The highest BCUT2D eigenvalue weighted by atomic mass is 16.5. The largest absolute Gasteiger partial charge is 0.459 e. The van der Waals surface area contributed by atoms with Crippen molar-refractivity contribution in [1.82, 2.24) is 10.6 Å². The third-order valence-electron chi connectivity index (χ3n) is 5.01. The van der Waals surface area contributed by atoms with Crippen LogP contribution in [0.3, 0.4) is 0 Å². The van der Waals surface area contributed by atoms with Gasteiger partial charge in [0.05, 0.1) is 6.54 Å². The summed E-state index contributed by atoms with van der Waals surface area (Å²) >= 11 is 0. The molecule has 0 atom stereocenters. The summed E-state index contributed by atoms with van der Waals surface area (Å²) in [5, 5.41) is 7.93. The number of furan rings is 1. The van der Waals surface area contributed by atoms with Crippen molar-refractivity contribution < 1.29 is 9.15 Å². The van der Waals surface area contributed by atoms with Gasteiger partial charge in [0.2, 0.25) is 0 Å². The topological polar surface area (TPSA) is 58.8 Å². The first-order valence-corrected chi connectivity index (χ1v) is 8.66. The lowest BCUT2D eigenvalue weighted by Crippen LogP contribution is -2.46. The summed E-state index contributed by atoms with van der Waals surface area (Å²) < 4.78 is 11.1. The zero-order chi connectivity index (χ0) is 16.8. The standard InChI is InChI=1S/C19H27N3O2/c1-20-18(22-14-19(8-5-9-19)10-11-23-2)21-13-16-12-15-6-3-4-7-17(15)24-16/h3-4,6-7,12H,5,8-11,13-14H2,1-2H3,(H2,20,21,22). The van der Waals surface area contributed by atoms with Gasteiger partial charge in [-0.3, -0.25) is 4.99 Å². The van der Waals surface area contributed by atoms with Crippen LogP contribution in [0, 0.1) is 5.41 Å². The molecule has 0 bridgehead atoms. The van der Waals surface area contributed by atoms with E-state index in [-0.39, 0.29) is 0 Å². The Morgan fingerprint density at radius 2 is 2.12 bits per heavy atom. The number of aliphatic imine (C=N–C) groups is 1. The van der Waals surface area contributed by atoms with Gasteiger partial charge in [-0.1, -0.05) is 24.6 Å². The molecule has 24 heavy (non-hydrogen) atoms. The van der Waals surface area contributed by atoms with E-state index in [2.05, 4.69) is 27.8 Å². The van der Waals surface area contributed by atoms with Crippen LogP contribution in [0.25, 0.3) is 11.0 Å². The lowest BCUT2D eigenvalue weighted by atomic mass is 9.67. The Balaban J connectivity index is 1.51. The van der Waals surface area contributed by atoms with Crippen molar-refractivity contribution in [2.24, 2.45) is 10.4 Å². The van der Waals surface area contributed by atoms with Gasteiger partial charge in [-0.25, -0.2) is 0 Å². The van der Waals surface area contributed by atoms with Crippen molar-refractivity contribution in [1.29, 1.82) is 0 Å². The number of methoxy groups -OCH3 is 1. The molecule has 0 amide bonds. The fourth-order valence-electron chi connectivity index (χ4n) is 3.30. The molecule has 2 aromatic rings. The molecular weight excluding hydrogens is 302 g/mol. The minimum Gasteiger partial charge on any atom is -0.459 e. The zero-order valence-electron chi connectivity index (χ0n) is 14.6. The first kappa shape index (κ1) is 16.8. The second kappa shape index (κ2) is 7.71. The fourth-order valence-corrected chi connectivity index (χ4v) is 3.30. The highest BCUT2D eigenvalue weighted by Crippen LogP contribution is 2.43. The number of nitrogens with one attached hydrogen (secondary N) is 2. The molecule has 0 saturated heterocycles. The highest BCUT2D eigenvalue weighted by molar-refractivity contribution is 5.80. The van der Waals surface area contributed by atoms with Gasteiger partial charge in [-0.15, -0.1) is 0 Å². The molecule has 1 heterocycles. The molecule has 0 unspecified atom stereocenters. The van der Waals surface area contributed by atoms with Gasteiger partial charge in [0.1, 0.15) is 11.3 Å². The van der Waals surface area contributed by atoms with Gasteiger partial charge in [0, 0.05) is 32.7 Å². The van der Waals surface area contributed by atoms with Crippen LogP contribution in [0.1, 0.15) is 31.4 Å². The molecule has 1 aliphatic rings. The van der Waals surface area contributed by atoms with E-state index in [4.69, 9.17) is 9.15 Å². The lowest BCUT2D eigenvalue weighted by Gasteiger charge is -2.42. The number of hydrogen-bond donors (Lipinski definition) is 2. The molecule has 1 aromatic heterocycles. The van der Waals surface area contributed by atoms with Crippen molar-refractivity contribution in [2.75, 3.05) is 27.3 Å². The molecule has 5 heteroatoms. The van der Waals surface area contributed by atoms with Crippen LogP contribution < -0.4 is 10.6 Å². The molecule has 1 saturated carbocycles. The number of para-hydroxylation sites is 1. The summed E-state index contributed by atoms with van der Waals surface area (Å²) in [5.74, 6) is 1.73. The number of fused-ring (bicyclic) bond motifs is 1. The zero-order valence-corrected chi connectivity index (χ0v) is 14.6. The number of hydrogen-bond acceptors (Lipinski definition) is 3. The van der Waals surface area contributed by atoms with E-state index in [9.17, 15) is 0 Å². The first-order chi connectivity index (χ1) is 11.7. The molecule has 5 nitrogen and oxygen atoms in total. The number of nitrogens with zero attached hydrogens (tertiary/aromatic N) is 1. The van der Waals surface area contributed by atoms with Crippen LogP contribution in [0.2, 0.25) is 0 Å². The Morgan fingerprint density at radius 1 is 1.29 bits per heavy atom. The molecule has 0 radical (unpaired) electrons. The van der Waals surface area contributed by atoms with Crippen molar-refractivity contribution in [2.45, 2.75) is 32.2 Å². The quantitative estimate of drug-likeness (QED) is 0.604. The number of rotatable bonds is 7. The summed E-state index contributed by atoms with van der Waals surface area (Å²) in [6.45, 7) is 2.39. The Morgan fingerprint density at radius 3 is 2.79 bits per heavy atom. The third-order valence-corrected chi connectivity index (χ3v) is 5.01. The SMILES string of the molecule is CN=C(NCc1cc2ccccc2o1)NCC1(CCOC)CCC1. The van der Waals surface area contributed by atoms with Gasteiger partial charge in [-0.2, -0.15) is 0 Å². The predicted octanol–water partition coefficient (Wildman–Crippen LogP) is 3.30. The summed E-state index contributed by atoms with van der Waals surface area (Å²) in [4.78, 5) is 4.32. The van der Waals surface area contributed by atoms with E-state index in [1.54, 1.807) is 14.2 Å². The van der Waals surface area contributed by atoms with Crippen LogP contribution in [-0.2, 0) is 11.3 Å². The minimum absolute atomic E-state index is 0.368. The van der Waals surface area contributed by atoms with Gasteiger partial charge in [0.15, 0.2) is 5.96 Å². The van der Waals surface area contributed by atoms with Crippen LogP contribution >= 0.6 is 0 Å². The van der Waals surface area contributed by atoms with Gasteiger partial charge in [-0.05, 0) is 36.8 Å². The van der Waals surface area contributed by atoms with Crippen molar-refractivity contribution in [3.8, 4) is 0 Å². The maximum absolute atomic E-state index is 5.83. The molecule has 0 aliphatic heterocycles. The van der Waals surface area contributed by atoms with E-state index in [1.807, 2.05) is 18.2 Å². The van der Waals surface area contributed by atoms with E-state index in [1.165, 1.54) is 19.3 Å². The maximum Gasteiger partial charge on any atom is 0.191 e. The number of benzene rings is 1. The van der Waals surface area contributed by atoms with Crippen molar-refractivity contribution >= 4 is 16.9 Å². The molecular formula is C19H27N3O2. The molecule has 1 aromatic carbocycles. The normalized spacial score (nSPS) is 16.8. The molecule has 130 valence electrons. The number of guanidine groups is 1. The molecule has 2 N–H and O–H groups in total. The average molecular weight is 329 g/mol. The summed E-state index contributed by atoms with van der Waals surface area (Å²) in [6.07, 6.45) is 4.96. The van der Waals surface area contributed by atoms with E-state index >= 15 is 0 Å².